The van der Waals surface area contributed by atoms with E-state index in [4.69, 9.17) is 0 Å². The van der Waals surface area contributed by atoms with Crippen molar-refractivity contribution in [2.75, 3.05) is 0 Å². The van der Waals surface area contributed by atoms with Crippen molar-refractivity contribution < 1.29 is 0 Å². The van der Waals surface area contributed by atoms with E-state index >= 15 is 0 Å². The Hall–Kier alpha value is -1.86. The Bertz CT molecular complexity index is 649. The van der Waals surface area contributed by atoms with Gasteiger partial charge in [0.15, 0.2) is 0 Å². The van der Waals surface area contributed by atoms with Crippen LogP contribution in [0.25, 0.3) is 16.7 Å². The number of benzene rings is 2. The van der Waals surface area contributed by atoms with Gasteiger partial charge < -0.3 is 0 Å². The molecule has 0 bridgehead atoms. The molecule has 1 heteroatoms. The highest BCUT2D eigenvalue weighted by molar-refractivity contribution is 9.10. The molecule has 0 spiro atoms. The molecular formula is C19H17Br. The number of halogens is 1. The monoisotopic (exact) mass is 324 g/mol. The van der Waals surface area contributed by atoms with E-state index in [2.05, 4.69) is 71.0 Å². The largest absolute Gasteiger partial charge is 0.0984 e. The van der Waals surface area contributed by atoms with Crippen LogP contribution in [-0.4, -0.2) is 0 Å². The molecule has 0 fully saturated rings. The van der Waals surface area contributed by atoms with Crippen LogP contribution in [0, 0.1) is 0 Å². The minimum Gasteiger partial charge on any atom is -0.0984 e. The predicted molar refractivity (Wildman–Crippen MR) is 92.6 cm³/mol. The molecule has 0 unspecified atom stereocenters. The predicted octanol–water partition coefficient (Wildman–Crippen LogP) is 6.26. The molecule has 0 nitrogen and oxygen atoms in total. The van der Waals surface area contributed by atoms with Crippen LogP contribution in [0.2, 0.25) is 0 Å². The van der Waals surface area contributed by atoms with Gasteiger partial charge in [-0.25, -0.2) is 0 Å². The molecule has 2 aromatic rings. The molecular weight excluding hydrogens is 308 g/mol. The Morgan fingerprint density at radius 2 is 1.80 bits per heavy atom. The standard InChI is InChI=1S/C19H17Br/c1-3-5-9-15(4-2)18-13-12-17(14-19(18)20)16-10-7-6-8-11-16/h3-14H,2H2,1H3/b5-3-,15-9+. The van der Waals surface area contributed by atoms with Crippen molar-refractivity contribution in [3.63, 3.8) is 0 Å². The summed E-state index contributed by atoms with van der Waals surface area (Å²) in [6.45, 7) is 5.89. The highest BCUT2D eigenvalue weighted by atomic mass is 79.9. The van der Waals surface area contributed by atoms with Crippen molar-refractivity contribution in [2.24, 2.45) is 0 Å². The molecule has 0 heterocycles. The Morgan fingerprint density at radius 3 is 2.40 bits per heavy atom. The normalized spacial score (nSPS) is 11.8. The molecule has 0 saturated carbocycles. The summed E-state index contributed by atoms with van der Waals surface area (Å²) < 4.78 is 1.08. The zero-order valence-electron chi connectivity index (χ0n) is 11.5. The fraction of sp³-hybridized carbons (Fsp3) is 0.0526. The number of allylic oxidation sites excluding steroid dienone is 5. The van der Waals surface area contributed by atoms with E-state index in [1.807, 2.05) is 31.2 Å². The molecule has 0 N–H and O–H groups in total. The summed E-state index contributed by atoms with van der Waals surface area (Å²) in [7, 11) is 0. The van der Waals surface area contributed by atoms with Crippen LogP contribution in [0.4, 0.5) is 0 Å². The lowest BCUT2D eigenvalue weighted by Gasteiger charge is -2.08. The average molecular weight is 325 g/mol. The lowest BCUT2D eigenvalue weighted by molar-refractivity contribution is 1.54. The lowest BCUT2D eigenvalue weighted by atomic mass is 10.00. The molecule has 0 aliphatic heterocycles. The lowest BCUT2D eigenvalue weighted by Crippen LogP contribution is -1.85. The van der Waals surface area contributed by atoms with Crippen LogP contribution in [0.3, 0.4) is 0 Å². The first kappa shape index (κ1) is 14.5. The van der Waals surface area contributed by atoms with Crippen LogP contribution in [0.5, 0.6) is 0 Å². The van der Waals surface area contributed by atoms with Gasteiger partial charge in [-0.05, 0) is 35.3 Å². The highest BCUT2D eigenvalue weighted by Crippen LogP contribution is 2.30. The first-order chi connectivity index (χ1) is 9.76. The zero-order chi connectivity index (χ0) is 14.4. The van der Waals surface area contributed by atoms with Gasteiger partial charge >= 0.3 is 0 Å². The SMILES string of the molecule is C=C/C(=C\C=C/C)c1ccc(-c2ccccc2)cc1Br. The van der Waals surface area contributed by atoms with Crippen molar-refractivity contribution in [2.45, 2.75) is 6.92 Å². The maximum absolute atomic E-state index is 3.89. The summed E-state index contributed by atoms with van der Waals surface area (Å²) in [5.74, 6) is 0. The van der Waals surface area contributed by atoms with Gasteiger partial charge in [-0.2, -0.15) is 0 Å². The second-order valence-electron chi connectivity index (χ2n) is 4.41. The van der Waals surface area contributed by atoms with E-state index in [-0.39, 0.29) is 0 Å². The van der Waals surface area contributed by atoms with Gasteiger partial charge in [-0.3, -0.25) is 0 Å². The van der Waals surface area contributed by atoms with Gasteiger partial charge in [0.1, 0.15) is 0 Å². The zero-order valence-corrected chi connectivity index (χ0v) is 13.1. The molecule has 0 aromatic heterocycles. The first-order valence-electron chi connectivity index (χ1n) is 6.57. The van der Waals surface area contributed by atoms with Crippen molar-refractivity contribution in [1.82, 2.24) is 0 Å². The maximum Gasteiger partial charge on any atom is 0.0259 e. The van der Waals surface area contributed by atoms with Gasteiger partial charge in [-0.15, -0.1) is 0 Å². The van der Waals surface area contributed by atoms with Gasteiger partial charge in [0, 0.05) is 4.47 Å². The van der Waals surface area contributed by atoms with E-state index < -0.39 is 0 Å². The number of hydrogen-bond donors (Lipinski definition) is 0. The van der Waals surface area contributed by atoms with Gasteiger partial charge in [0.25, 0.3) is 0 Å². The Balaban J connectivity index is 2.42. The quantitative estimate of drug-likeness (QED) is 0.582. The van der Waals surface area contributed by atoms with Crippen LogP contribution in [0.15, 0.2) is 83.9 Å². The molecule has 0 aliphatic rings. The Morgan fingerprint density at radius 1 is 1.05 bits per heavy atom. The van der Waals surface area contributed by atoms with Crippen LogP contribution in [0.1, 0.15) is 12.5 Å². The molecule has 20 heavy (non-hydrogen) atoms. The van der Waals surface area contributed by atoms with E-state index in [1.165, 1.54) is 11.1 Å². The first-order valence-corrected chi connectivity index (χ1v) is 7.36. The number of hydrogen-bond acceptors (Lipinski definition) is 0. The molecule has 2 aromatic carbocycles. The second-order valence-corrected chi connectivity index (χ2v) is 5.27. The molecule has 2 rings (SSSR count). The van der Waals surface area contributed by atoms with Crippen LogP contribution in [-0.2, 0) is 0 Å². The molecule has 0 amide bonds. The molecule has 0 atom stereocenters. The summed E-state index contributed by atoms with van der Waals surface area (Å²) in [6.07, 6.45) is 7.97. The third kappa shape index (κ3) is 3.37. The molecule has 0 aliphatic carbocycles. The van der Waals surface area contributed by atoms with Crippen molar-refractivity contribution in [1.29, 1.82) is 0 Å². The van der Waals surface area contributed by atoms with Crippen molar-refractivity contribution in [3.8, 4) is 11.1 Å². The highest BCUT2D eigenvalue weighted by Gasteiger charge is 2.05. The van der Waals surface area contributed by atoms with E-state index in [9.17, 15) is 0 Å². The Kier molecular flexibility index (Phi) is 5.14. The van der Waals surface area contributed by atoms with E-state index in [0.717, 1.165) is 15.6 Å². The summed E-state index contributed by atoms with van der Waals surface area (Å²) in [6, 6.07) is 16.8. The smallest absolute Gasteiger partial charge is 0.0259 e. The second kappa shape index (κ2) is 7.06. The average Bonchev–Trinajstić information content (AvgIpc) is 2.50. The fourth-order valence-corrected chi connectivity index (χ4v) is 2.63. The van der Waals surface area contributed by atoms with Crippen LogP contribution >= 0.6 is 15.9 Å². The van der Waals surface area contributed by atoms with E-state index in [1.54, 1.807) is 0 Å². The molecule has 0 radical (unpaired) electrons. The van der Waals surface area contributed by atoms with Crippen molar-refractivity contribution >= 4 is 21.5 Å². The topological polar surface area (TPSA) is 0 Å². The summed E-state index contributed by atoms with van der Waals surface area (Å²) in [5.41, 5.74) is 4.68. The Labute approximate surface area is 129 Å². The van der Waals surface area contributed by atoms with Crippen molar-refractivity contribution in [3.05, 3.63) is 89.5 Å². The summed E-state index contributed by atoms with van der Waals surface area (Å²) in [5, 5.41) is 0. The summed E-state index contributed by atoms with van der Waals surface area (Å²) in [4.78, 5) is 0. The van der Waals surface area contributed by atoms with Gasteiger partial charge in [0.2, 0.25) is 0 Å². The number of rotatable bonds is 4. The van der Waals surface area contributed by atoms with Gasteiger partial charge in [0.05, 0.1) is 0 Å². The van der Waals surface area contributed by atoms with Gasteiger partial charge in [-0.1, -0.05) is 89.3 Å². The minimum atomic E-state index is 1.08. The summed E-state index contributed by atoms with van der Waals surface area (Å²) >= 11 is 3.67. The van der Waals surface area contributed by atoms with E-state index in [0.29, 0.717) is 0 Å². The third-order valence-corrected chi connectivity index (χ3v) is 3.73. The fourth-order valence-electron chi connectivity index (χ4n) is 2.03. The van der Waals surface area contributed by atoms with Crippen LogP contribution < -0.4 is 0 Å². The molecule has 0 saturated heterocycles. The minimum absolute atomic E-state index is 1.08. The third-order valence-electron chi connectivity index (χ3n) is 3.08. The maximum atomic E-state index is 3.89. The molecule has 100 valence electrons.